The van der Waals surface area contributed by atoms with E-state index in [0.717, 1.165) is 0 Å². The van der Waals surface area contributed by atoms with E-state index in [-0.39, 0.29) is 31.4 Å². The van der Waals surface area contributed by atoms with Crippen LogP contribution in [0.5, 0.6) is 5.75 Å². The van der Waals surface area contributed by atoms with Crippen molar-refractivity contribution in [2.75, 3.05) is 0 Å². The molecular formula is C7Cl5NO. The fourth-order valence-corrected chi connectivity index (χ4v) is 1.89. The van der Waals surface area contributed by atoms with Crippen molar-refractivity contribution < 1.29 is 4.29 Å². The van der Waals surface area contributed by atoms with E-state index in [0.29, 0.717) is 0 Å². The summed E-state index contributed by atoms with van der Waals surface area (Å²) in [6.07, 6.45) is 0. The van der Waals surface area contributed by atoms with Crippen LogP contribution < -0.4 is 4.29 Å². The largest absolute Gasteiger partial charge is 0.382 e. The van der Waals surface area contributed by atoms with Gasteiger partial charge in [-0.3, -0.25) is 0 Å². The molecule has 0 saturated carbocycles. The molecule has 74 valence electrons. The summed E-state index contributed by atoms with van der Waals surface area (Å²) in [5, 5.41) is 8.63. The van der Waals surface area contributed by atoms with Crippen molar-refractivity contribution in [2.45, 2.75) is 0 Å². The van der Waals surface area contributed by atoms with Crippen molar-refractivity contribution in [1.82, 2.24) is 0 Å². The van der Waals surface area contributed by atoms with Gasteiger partial charge in [0.15, 0.2) is 5.75 Å². The van der Waals surface area contributed by atoms with Gasteiger partial charge in [0.2, 0.25) is 0 Å². The molecule has 1 aromatic carbocycles. The van der Waals surface area contributed by atoms with Gasteiger partial charge in [-0.2, -0.15) is 5.26 Å². The number of rotatable bonds is 1. The Labute approximate surface area is 105 Å². The minimum atomic E-state index is -0.102. The molecular weight excluding hydrogens is 291 g/mol. The molecule has 0 radical (unpaired) electrons. The lowest BCUT2D eigenvalue weighted by Gasteiger charge is -2.08. The molecule has 0 saturated heterocycles. The van der Waals surface area contributed by atoms with Crippen molar-refractivity contribution in [3.63, 3.8) is 0 Å². The lowest BCUT2D eigenvalue weighted by molar-refractivity contribution is 0.617. The molecule has 1 rings (SSSR count). The molecule has 0 spiro atoms. The SMILES string of the molecule is N#Cc1c(Cl)c(Cl)c(Cl)c(Cl)c1OCl. The van der Waals surface area contributed by atoms with E-state index in [1.807, 2.05) is 0 Å². The third kappa shape index (κ3) is 1.84. The Morgan fingerprint density at radius 1 is 0.929 bits per heavy atom. The summed E-state index contributed by atoms with van der Waals surface area (Å²) in [6.45, 7) is 0. The zero-order valence-electron chi connectivity index (χ0n) is 6.25. The van der Waals surface area contributed by atoms with E-state index in [1.165, 1.54) is 0 Å². The lowest BCUT2D eigenvalue weighted by Crippen LogP contribution is -1.88. The molecule has 0 amide bonds. The summed E-state index contributed by atoms with van der Waals surface area (Å²) in [5.41, 5.74) is -0.0546. The van der Waals surface area contributed by atoms with E-state index in [1.54, 1.807) is 6.07 Å². The topological polar surface area (TPSA) is 33.0 Å². The Kier molecular flexibility index (Phi) is 4.00. The average molecular weight is 291 g/mol. The number of hydrogen-bond donors (Lipinski definition) is 0. The van der Waals surface area contributed by atoms with E-state index >= 15 is 0 Å². The van der Waals surface area contributed by atoms with Crippen LogP contribution >= 0.6 is 58.3 Å². The summed E-state index contributed by atoms with van der Waals surface area (Å²) in [6, 6.07) is 1.75. The van der Waals surface area contributed by atoms with Crippen molar-refractivity contribution in [3.8, 4) is 11.8 Å². The summed E-state index contributed by atoms with van der Waals surface area (Å²) in [5.74, 6) is -0.102. The Morgan fingerprint density at radius 3 is 1.86 bits per heavy atom. The highest BCUT2D eigenvalue weighted by Gasteiger charge is 2.21. The van der Waals surface area contributed by atoms with Gasteiger partial charge in [-0.25, -0.2) is 0 Å². The molecule has 2 nitrogen and oxygen atoms in total. The standard InChI is InChI=1S/C7Cl5NO/c8-3-2(1-13)7(14-12)6(11)5(10)4(3)9. The van der Waals surface area contributed by atoms with Crippen LogP contribution in [0.15, 0.2) is 0 Å². The van der Waals surface area contributed by atoms with Crippen molar-refractivity contribution in [3.05, 3.63) is 25.7 Å². The third-order valence-electron chi connectivity index (χ3n) is 1.41. The molecule has 0 aliphatic carbocycles. The summed E-state index contributed by atoms with van der Waals surface area (Å²) >= 11 is 28.0. The lowest BCUT2D eigenvalue weighted by atomic mass is 10.2. The predicted octanol–water partition coefficient (Wildman–Crippen LogP) is 4.70. The average Bonchev–Trinajstić information content (AvgIpc) is 2.20. The van der Waals surface area contributed by atoms with Gasteiger partial charge >= 0.3 is 0 Å². The first-order chi connectivity index (χ1) is 6.54. The zero-order chi connectivity index (χ0) is 10.9. The fourth-order valence-electron chi connectivity index (χ4n) is 0.784. The van der Waals surface area contributed by atoms with Crippen LogP contribution in [0.3, 0.4) is 0 Å². The molecule has 7 heteroatoms. The molecule has 0 unspecified atom stereocenters. The Hall–Kier alpha value is -0.0400. The smallest absolute Gasteiger partial charge is 0.185 e. The van der Waals surface area contributed by atoms with Crippen LogP contribution in [0.2, 0.25) is 20.1 Å². The first-order valence-electron chi connectivity index (χ1n) is 3.09. The second kappa shape index (κ2) is 4.65. The molecule has 14 heavy (non-hydrogen) atoms. The minimum Gasteiger partial charge on any atom is -0.382 e. The molecule has 0 heterocycles. The normalized spacial score (nSPS) is 9.71. The molecule has 0 aliphatic heterocycles. The van der Waals surface area contributed by atoms with Gasteiger partial charge in [-0.05, 0) is 0 Å². The van der Waals surface area contributed by atoms with Crippen molar-refractivity contribution >= 4 is 58.3 Å². The van der Waals surface area contributed by atoms with Crippen LogP contribution in [0.1, 0.15) is 5.56 Å². The van der Waals surface area contributed by atoms with Gasteiger partial charge < -0.3 is 4.29 Å². The predicted molar refractivity (Wildman–Crippen MR) is 57.7 cm³/mol. The van der Waals surface area contributed by atoms with Gasteiger partial charge in [0.1, 0.15) is 28.5 Å². The van der Waals surface area contributed by atoms with Crippen LogP contribution in [-0.4, -0.2) is 0 Å². The van der Waals surface area contributed by atoms with Crippen LogP contribution in [0.25, 0.3) is 0 Å². The zero-order valence-corrected chi connectivity index (χ0v) is 10.0. The number of nitriles is 1. The van der Waals surface area contributed by atoms with Crippen molar-refractivity contribution in [2.24, 2.45) is 0 Å². The minimum absolute atomic E-state index is 0.00650. The van der Waals surface area contributed by atoms with Crippen LogP contribution in [0.4, 0.5) is 0 Å². The van der Waals surface area contributed by atoms with E-state index in [4.69, 9.17) is 63.5 Å². The quantitative estimate of drug-likeness (QED) is 0.555. The highest BCUT2D eigenvalue weighted by molar-refractivity contribution is 6.52. The van der Waals surface area contributed by atoms with E-state index in [9.17, 15) is 0 Å². The molecule has 0 aliphatic rings. The summed E-state index contributed by atoms with van der Waals surface area (Å²) < 4.78 is 4.37. The third-order valence-corrected chi connectivity index (χ3v) is 3.35. The molecule has 0 bridgehead atoms. The number of hydrogen-bond acceptors (Lipinski definition) is 2. The molecule has 0 atom stereocenters. The molecule has 0 N–H and O–H groups in total. The number of nitrogens with zero attached hydrogens (tertiary/aromatic N) is 1. The summed E-state index contributed by atoms with van der Waals surface area (Å²) in [7, 11) is 0. The number of benzene rings is 1. The van der Waals surface area contributed by atoms with E-state index in [2.05, 4.69) is 4.29 Å². The first kappa shape index (κ1) is 12.0. The van der Waals surface area contributed by atoms with Gasteiger partial charge in [0.05, 0.1) is 15.1 Å². The highest BCUT2D eigenvalue weighted by Crippen LogP contribution is 2.45. The fraction of sp³-hybridized carbons (Fsp3) is 0. The highest BCUT2D eigenvalue weighted by atomic mass is 35.5. The maximum absolute atomic E-state index is 8.74. The van der Waals surface area contributed by atoms with Gasteiger partial charge in [-0.15, -0.1) is 0 Å². The Morgan fingerprint density at radius 2 is 1.43 bits per heavy atom. The number of halogens is 5. The van der Waals surface area contributed by atoms with Gasteiger partial charge in [0, 0.05) is 0 Å². The van der Waals surface area contributed by atoms with Gasteiger partial charge in [-0.1, -0.05) is 46.4 Å². The van der Waals surface area contributed by atoms with Gasteiger partial charge in [0.25, 0.3) is 0 Å². The summed E-state index contributed by atoms with van der Waals surface area (Å²) in [4.78, 5) is 0. The van der Waals surface area contributed by atoms with E-state index < -0.39 is 0 Å². The molecule has 1 aromatic rings. The maximum atomic E-state index is 8.74. The monoisotopic (exact) mass is 289 g/mol. The second-order valence-corrected chi connectivity index (χ2v) is 3.82. The van der Waals surface area contributed by atoms with Crippen molar-refractivity contribution in [1.29, 1.82) is 5.26 Å². The maximum Gasteiger partial charge on any atom is 0.185 e. The Bertz CT molecular complexity index is 425. The Balaban J connectivity index is 3.68. The van der Waals surface area contributed by atoms with Crippen LogP contribution in [0, 0.1) is 11.3 Å². The first-order valence-corrected chi connectivity index (χ1v) is 4.91. The molecule has 0 fully saturated rings. The second-order valence-electron chi connectivity index (χ2n) is 2.15. The van der Waals surface area contributed by atoms with Crippen LogP contribution in [-0.2, 0) is 0 Å². The molecule has 0 aromatic heterocycles.